The first-order chi connectivity index (χ1) is 12.4. The maximum Gasteiger partial charge on any atom is 0.413 e. The number of carbonyl (C=O) groups is 2. The lowest BCUT2D eigenvalue weighted by molar-refractivity contribution is 0.0625. The maximum atomic E-state index is 12.0. The van der Waals surface area contributed by atoms with Crippen LogP contribution in [0.3, 0.4) is 0 Å². The SMILES string of the molecule is CCCCOc1cc(NC(=O)OC(C)(C)C)nc(NC(=O)OC(C)(C)C)c1. The van der Waals surface area contributed by atoms with Gasteiger partial charge in [-0.05, 0) is 48.0 Å². The van der Waals surface area contributed by atoms with E-state index in [4.69, 9.17) is 14.2 Å². The number of nitrogens with one attached hydrogen (secondary N) is 2. The minimum Gasteiger partial charge on any atom is -0.493 e. The highest BCUT2D eigenvalue weighted by atomic mass is 16.6. The molecule has 0 saturated heterocycles. The van der Waals surface area contributed by atoms with Crippen LogP contribution >= 0.6 is 0 Å². The second-order valence-electron chi connectivity index (χ2n) is 8.03. The summed E-state index contributed by atoms with van der Waals surface area (Å²) in [5.74, 6) is 0.865. The molecule has 1 aromatic heterocycles. The van der Waals surface area contributed by atoms with E-state index in [1.165, 1.54) is 0 Å². The van der Waals surface area contributed by atoms with Crippen molar-refractivity contribution < 1.29 is 23.8 Å². The van der Waals surface area contributed by atoms with E-state index in [1.807, 2.05) is 0 Å². The van der Waals surface area contributed by atoms with Crippen LogP contribution in [0.25, 0.3) is 0 Å². The van der Waals surface area contributed by atoms with Gasteiger partial charge in [0.2, 0.25) is 0 Å². The van der Waals surface area contributed by atoms with Crippen LogP contribution in [-0.2, 0) is 9.47 Å². The van der Waals surface area contributed by atoms with E-state index < -0.39 is 23.4 Å². The van der Waals surface area contributed by atoms with E-state index in [2.05, 4.69) is 22.5 Å². The lowest BCUT2D eigenvalue weighted by atomic mass is 10.2. The van der Waals surface area contributed by atoms with Crippen LogP contribution in [-0.4, -0.2) is 35.0 Å². The van der Waals surface area contributed by atoms with Crippen molar-refractivity contribution >= 4 is 23.8 Å². The third kappa shape index (κ3) is 10.3. The van der Waals surface area contributed by atoms with Gasteiger partial charge in [-0.1, -0.05) is 13.3 Å². The van der Waals surface area contributed by atoms with Gasteiger partial charge in [0.1, 0.15) is 28.6 Å². The van der Waals surface area contributed by atoms with Gasteiger partial charge in [0, 0.05) is 12.1 Å². The Bertz CT molecular complexity index is 599. The van der Waals surface area contributed by atoms with Gasteiger partial charge in [0.25, 0.3) is 0 Å². The summed E-state index contributed by atoms with van der Waals surface area (Å²) in [6.07, 6.45) is 0.566. The Balaban J connectivity index is 2.95. The van der Waals surface area contributed by atoms with Crippen LogP contribution < -0.4 is 15.4 Å². The number of amides is 2. The zero-order valence-corrected chi connectivity index (χ0v) is 17.3. The molecular weight excluding hydrogens is 350 g/mol. The normalized spacial score (nSPS) is 11.5. The molecule has 0 spiro atoms. The molecule has 1 rings (SSSR count). The molecule has 0 aliphatic carbocycles. The Morgan fingerprint density at radius 1 is 0.926 bits per heavy atom. The largest absolute Gasteiger partial charge is 0.493 e. The van der Waals surface area contributed by atoms with Crippen molar-refractivity contribution in [3.63, 3.8) is 0 Å². The van der Waals surface area contributed by atoms with Crippen LogP contribution in [0, 0.1) is 0 Å². The first kappa shape index (κ1) is 22.5. The minimum atomic E-state index is -0.649. The second-order valence-corrected chi connectivity index (χ2v) is 8.03. The van der Waals surface area contributed by atoms with Gasteiger partial charge in [0.05, 0.1) is 6.61 Å². The summed E-state index contributed by atoms with van der Waals surface area (Å²) in [7, 11) is 0. The van der Waals surface area contributed by atoms with Crippen molar-refractivity contribution in [3.05, 3.63) is 12.1 Å². The van der Waals surface area contributed by atoms with Gasteiger partial charge in [0.15, 0.2) is 0 Å². The van der Waals surface area contributed by atoms with Crippen molar-refractivity contribution in [1.29, 1.82) is 0 Å². The molecule has 152 valence electrons. The van der Waals surface area contributed by atoms with Gasteiger partial charge in [-0.3, -0.25) is 10.6 Å². The van der Waals surface area contributed by atoms with Crippen molar-refractivity contribution in [1.82, 2.24) is 4.98 Å². The summed E-state index contributed by atoms with van der Waals surface area (Å²) in [5.41, 5.74) is -1.28. The summed E-state index contributed by atoms with van der Waals surface area (Å²) >= 11 is 0. The highest BCUT2D eigenvalue weighted by Crippen LogP contribution is 2.22. The highest BCUT2D eigenvalue weighted by molar-refractivity contribution is 5.86. The molecule has 27 heavy (non-hydrogen) atoms. The summed E-state index contributed by atoms with van der Waals surface area (Å²) in [5, 5.41) is 5.09. The van der Waals surface area contributed by atoms with Gasteiger partial charge >= 0.3 is 12.2 Å². The number of carbonyl (C=O) groups excluding carboxylic acids is 2. The molecule has 2 N–H and O–H groups in total. The number of anilines is 2. The van der Waals surface area contributed by atoms with E-state index in [-0.39, 0.29) is 11.6 Å². The second kappa shape index (κ2) is 9.43. The monoisotopic (exact) mass is 381 g/mol. The quantitative estimate of drug-likeness (QED) is 0.676. The first-order valence-corrected chi connectivity index (χ1v) is 9.03. The molecule has 8 heteroatoms. The van der Waals surface area contributed by atoms with Crippen LogP contribution in [0.5, 0.6) is 5.75 Å². The average Bonchev–Trinajstić information content (AvgIpc) is 2.42. The van der Waals surface area contributed by atoms with Crippen LogP contribution in [0.2, 0.25) is 0 Å². The molecule has 0 saturated carbocycles. The fourth-order valence-corrected chi connectivity index (χ4v) is 1.87. The number of ether oxygens (including phenoxy) is 3. The molecule has 0 fully saturated rings. The van der Waals surface area contributed by atoms with E-state index in [0.717, 1.165) is 12.8 Å². The average molecular weight is 381 g/mol. The molecule has 1 heterocycles. The number of aromatic nitrogens is 1. The third-order valence-corrected chi connectivity index (χ3v) is 2.82. The van der Waals surface area contributed by atoms with Crippen molar-refractivity contribution in [2.24, 2.45) is 0 Å². The molecule has 2 amide bonds. The van der Waals surface area contributed by atoms with E-state index in [9.17, 15) is 9.59 Å². The lowest BCUT2D eigenvalue weighted by Gasteiger charge is -2.20. The molecule has 0 aliphatic heterocycles. The standard InChI is InChI=1S/C19H31N3O5/c1-8-9-10-25-13-11-14(21-16(23)26-18(2,3)4)20-15(12-13)22-17(24)27-19(5,6)7/h11-12H,8-10H2,1-7H3,(H2,20,21,22,23,24). The molecular formula is C19H31N3O5. The number of rotatable bonds is 6. The van der Waals surface area contributed by atoms with E-state index in [0.29, 0.717) is 12.4 Å². The molecule has 1 aromatic rings. The van der Waals surface area contributed by atoms with Crippen LogP contribution in [0.1, 0.15) is 61.3 Å². The first-order valence-electron chi connectivity index (χ1n) is 9.03. The summed E-state index contributed by atoms with van der Waals surface area (Å²) < 4.78 is 16.1. The topological polar surface area (TPSA) is 98.8 Å². The zero-order valence-electron chi connectivity index (χ0n) is 17.3. The molecule has 0 radical (unpaired) electrons. The molecule has 8 nitrogen and oxygen atoms in total. The number of hydrogen-bond acceptors (Lipinski definition) is 6. The summed E-state index contributed by atoms with van der Waals surface area (Å²) in [6.45, 7) is 13.2. The summed E-state index contributed by atoms with van der Waals surface area (Å²) in [4.78, 5) is 28.2. The van der Waals surface area contributed by atoms with Crippen molar-refractivity contribution in [2.45, 2.75) is 72.5 Å². The molecule has 0 bridgehead atoms. The molecule has 0 aromatic carbocycles. The Kier molecular flexibility index (Phi) is 7.87. The van der Waals surface area contributed by atoms with E-state index >= 15 is 0 Å². The number of hydrogen-bond donors (Lipinski definition) is 2. The zero-order chi connectivity index (χ0) is 20.7. The Labute approximate surface area is 161 Å². The minimum absolute atomic E-state index is 0.198. The lowest BCUT2D eigenvalue weighted by Crippen LogP contribution is -2.28. The Hall–Kier alpha value is -2.51. The number of unbranched alkanes of at least 4 members (excludes halogenated alkanes) is 1. The molecule has 0 unspecified atom stereocenters. The molecule has 0 aliphatic rings. The third-order valence-electron chi connectivity index (χ3n) is 2.82. The van der Waals surface area contributed by atoms with Gasteiger partial charge in [-0.2, -0.15) is 0 Å². The van der Waals surface area contributed by atoms with Crippen molar-refractivity contribution in [3.8, 4) is 5.75 Å². The predicted molar refractivity (Wildman–Crippen MR) is 104 cm³/mol. The van der Waals surface area contributed by atoms with Gasteiger partial charge in [-0.15, -0.1) is 0 Å². The van der Waals surface area contributed by atoms with Crippen molar-refractivity contribution in [2.75, 3.05) is 17.2 Å². The smallest absolute Gasteiger partial charge is 0.413 e. The fraction of sp³-hybridized carbons (Fsp3) is 0.632. The van der Waals surface area contributed by atoms with Gasteiger partial charge < -0.3 is 14.2 Å². The number of nitrogens with zero attached hydrogens (tertiary/aromatic N) is 1. The molecule has 0 atom stereocenters. The fourth-order valence-electron chi connectivity index (χ4n) is 1.87. The summed E-state index contributed by atoms with van der Waals surface area (Å²) in [6, 6.07) is 3.14. The number of pyridine rings is 1. The van der Waals surface area contributed by atoms with Crippen LogP contribution in [0.4, 0.5) is 21.2 Å². The highest BCUT2D eigenvalue weighted by Gasteiger charge is 2.19. The van der Waals surface area contributed by atoms with E-state index in [1.54, 1.807) is 53.7 Å². The Morgan fingerprint density at radius 3 is 1.74 bits per heavy atom. The maximum absolute atomic E-state index is 12.0. The Morgan fingerprint density at radius 2 is 1.37 bits per heavy atom. The van der Waals surface area contributed by atoms with Crippen LogP contribution in [0.15, 0.2) is 12.1 Å². The van der Waals surface area contributed by atoms with Gasteiger partial charge in [-0.25, -0.2) is 14.6 Å². The predicted octanol–water partition coefficient (Wildman–Crippen LogP) is 4.95.